The molecule has 0 unspecified atom stereocenters. The average molecular weight is 231 g/mol. The van der Waals surface area contributed by atoms with Crippen molar-refractivity contribution in [2.75, 3.05) is 0 Å². The van der Waals surface area contributed by atoms with Crippen molar-refractivity contribution in [3.05, 3.63) is 23.3 Å². The van der Waals surface area contributed by atoms with Crippen molar-refractivity contribution in [2.45, 2.75) is 12.6 Å². The van der Waals surface area contributed by atoms with Crippen LogP contribution in [-0.2, 0) is 6.18 Å². The predicted molar refractivity (Wildman–Crippen MR) is 35.8 cm³/mol. The smallest absolute Gasteiger partial charge is 0.418 e. The third-order valence-corrected chi connectivity index (χ3v) is 1.50. The summed E-state index contributed by atoms with van der Waals surface area (Å²) in [5.41, 5.74) is -3.59. The predicted octanol–water partition coefficient (Wildman–Crippen LogP) is 2.88. The first-order valence-corrected chi connectivity index (χ1v) is 3.48. The average Bonchev–Trinajstić information content (AvgIpc) is 2.06. The van der Waals surface area contributed by atoms with Gasteiger partial charge in [0.25, 0.3) is 12.4 Å². The molecule has 0 amide bonds. The first-order valence-electron chi connectivity index (χ1n) is 3.48. The second kappa shape index (κ2) is 3.59. The van der Waals surface area contributed by atoms with E-state index in [0.717, 1.165) is 0 Å². The van der Waals surface area contributed by atoms with Gasteiger partial charge in [0, 0.05) is 0 Å². The summed E-state index contributed by atoms with van der Waals surface area (Å²) in [7, 11) is 0. The Balaban J connectivity index is 3.42. The number of nitrogens with zero attached hydrogens (tertiary/aromatic N) is 1. The molecule has 2 nitrogen and oxygen atoms in total. The fraction of sp³-hybridized carbons (Fsp3) is 0.286. The van der Waals surface area contributed by atoms with E-state index >= 15 is 0 Å². The summed E-state index contributed by atoms with van der Waals surface area (Å²) in [5, 5.41) is 8.59. The number of hydrogen-bond acceptors (Lipinski definition) is 2. The molecule has 0 saturated carbocycles. The fourth-order valence-corrected chi connectivity index (χ4v) is 0.887. The van der Waals surface area contributed by atoms with E-state index in [-0.39, 0.29) is 6.07 Å². The zero-order valence-corrected chi connectivity index (χ0v) is 6.82. The Morgan fingerprint density at radius 3 is 2.20 bits per heavy atom. The van der Waals surface area contributed by atoms with Gasteiger partial charge in [0.05, 0.1) is 5.56 Å². The summed E-state index contributed by atoms with van der Waals surface area (Å²) >= 11 is 0. The van der Waals surface area contributed by atoms with E-state index in [1.165, 1.54) is 0 Å². The minimum absolute atomic E-state index is 0.121. The van der Waals surface area contributed by atoms with Gasteiger partial charge < -0.3 is 5.11 Å². The monoisotopic (exact) mass is 231 g/mol. The molecule has 0 aliphatic heterocycles. The van der Waals surface area contributed by atoms with Crippen molar-refractivity contribution < 1.29 is 31.4 Å². The van der Waals surface area contributed by atoms with Gasteiger partial charge in [-0.2, -0.15) is 17.6 Å². The molecule has 84 valence electrons. The summed E-state index contributed by atoms with van der Waals surface area (Å²) in [5.74, 6) is -3.19. The van der Waals surface area contributed by atoms with Crippen molar-refractivity contribution in [1.29, 1.82) is 0 Å². The van der Waals surface area contributed by atoms with E-state index in [0.29, 0.717) is 0 Å². The Kier molecular flexibility index (Phi) is 2.78. The third kappa shape index (κ3) is 2.31. The van der Waals surface area contributed by atoms with Gasteiger partial charge in [0.15, 0.2) is 5.75 Å². The largest absolute Gasteiger partial charge is 0.504 e. The molecule has 0 radical (unpaired) electrons. The fourth-order valence-electron chi connectivity index (χ4n) is 0.887. The summed E-state index contributed by atoms with van der Waals surface area (Å²) in [4.78, 5) is 2.35. The molecule has 15 heavy (non-hydrogen) atoms. The van der Waals surface area contributed by atoms with Crippen molar-refractivity contribution in [1.82, 2.24) is 4.98 Å². The standard InChI is InChI=1S/C7H3F6NO/c8-5(9)4-2(7(11,12)13)1-3(15)6(10)14-4/h1,5,15H. The molecular formula is C7H3F6NO. The second-order valence-electron chi connectivity index (χ2n) is 2.53. The van der Waals surface area contributed by atoms with E-state index < -0.39 is 35.6 Å². The molecule has 0 spiro atoms. The molecule has 1 aromatic rings. The second-order valence-corrected chi connectivity index (χ2v) is 2.53. The van der Waals surface area contributed by atoms with Crippen molar-refractivity contribution in [3.63, 3.8) is 0 Å². The minimum atomic E-state index is -5.12. The molecule has 8 heteroatoms. The van der Waals surface area contributed by atoms with Crippen molar-refractivity contribution in [2.24, 2.45) is 0 Å². The van der Waals surface area contributed by atoms with Crippen LogP contribution in [0.1, 0.15) is 17.7 Å². The maximum Gasteiger partial charge on any atom is 0.418 e. The van der Waals surface area contributed by atoms with Gasteiger partial charge >= 0.3 is 6.18 Å². The van der Waals surface area contributed by atoms with E-state index in [1.54, 1.807) is 0 Å². The van der Waals surface area contributed by atoms with Gasteiger partial charge in [-0.05, 0) is 6.07 Å². The molecule has 0 aliphatic carbocycles. The van der Waals surface area contributed by atoms with E-state index in [1.807, 2.05) is 0 Å². The molecule has 1 aromatic heterocycles. The van der Waals surface area contributed by atoms with Gasteiger partial charge in [0.2, 0.25) is 0 Å². The van der Waals surface area contributed by atoms with Crippen LogP contribution in [-0.4, -0.2) is 10.1 Å². The highest BCUT2D eigenvalue weighted by atomic mass is 19.4. The summed E-state index contributed by atoms with van der Waals surface area (Å²) in [6.07, 6.45) is -8.69. The SMILES string of the molecule is Oc1cc(C(F)(F)F)c(C(F)F)nc1F. The molecule has 0 aromatic carbocycles. The van der Waals surface area contributed by atoms with Crippen LogP contribution >= 0.6 is 0 Å². The Hall–Kier alpha value is -1.47. The minimum Gasteiger partial charge on any atom is -0.504 e. The Labute approximate surface area is 79.2 Å². The number of aromatic hydroxyl groups is 1. The lowest BCUT2D eigenvalue weighted by Crippen LogP contribution is -2.12. The van der Waals surface area contributed by atoms with Crippen molar-refractivity contribution >= 4 is 0 Å². The lowest BCUT2D eigenvalue weighted by Gasteiger charge is -2.11. The summed E-state index contributed by atoms with van der Waals surface area (Å²) in [6.45, 7) is 0. The first kappa shape index (κ1) is 11.6. The number of alkyl halides is 5. The number of pyridine rings is 1. The molecule has 1 heterocycles. The summed E-state index contributed by atoms with van der Waals surface area (Å²) < 4.78 is 72.9. The maximum atomic E-state index is 12.4. The molecule has 0 saturated heterocycles. The molecule has 0 fully saturated rings. The molecule has 0 aliphatic rings. The van der Waals surface area contributed by atoms with Gasteiger partial charge in [-0.25, -0.2) is 13.8 Å². The number of aromatic nitrogens is 1. The molecule has 1 N–H and O–H groups in total. The summed E-state index contributed by atoms with van der Waals surface area (Å²) in [6, 6.07) is -0.121. The van der Waals surface area contributed by atoms with Crippen LogP contribution in [0.4, 0.5) is 26.3 Å². The third-order valence-electron chi connectivity index (χ3n) is 1.50. The maximum absolute atomic E-state index is 12.4. The Bertz CT molecular complexity index is 374. The van der Waals surface area contributed by atoms with Crippen LogP contribution < -0.4 is 0 Å². The molecule has 1 rings (SSSR count). The number of hydrogen-bond donors (Lipinski definition) is 1. The van der Waals surface area contributed by atoms with Gasteiger partial charge in [0.1, 0.15) is 5.69 Å². The highest BCUT2D eigenvalue weighted by molar-refractivity contribution is 5.32. The van der Waals surface area contributed by atoms with Crippen LogP contribution in [0.25, 0.3) is 0 Å². The molecule has 0 bridgehead atoms. The van der Waals surface area contributed by atoms with Gasteiger partial charge in [-0.3, -0.25) is 0 Å². The van der Waals surface area contributed by atoms with Crippen LogP contribution in [0.3, 0.4) is 0 Å². The zero-order valence-electron chi connectivity index (χ0n) is 6.82. The van der Waals surface area contributed by atoms with Crippen LogP contribution in [0.15, 0.2) is 6.07 Å². The highest BCUT2D eigenvalue weighted by Gasteiger charge is 2.38. The van der Waals surface area contributed by atoms with E-state index in [2.05, 4.69) is 4.98 Å². The van der Waals surface area contributed by atoms with Crippen molar-refractivity contribution in [3.8, 4) is 5.75 Å². The Morgan fingerprint density at radius 1 is 1.27 bits per heavy atom. The van der Waals surface area contributed by atoms with E-state index in [4.69, 9.17) is 5.11 Å². The Morgan fingerprint density at radius 2 is 1.80 bits per heavy atom. The van der Waals surface area contributed by atoms with Crippen LogP contribution in [0, 0.1) is 5.95 Å². The first-order chi connectivity index (χ1) is 6.73. The molecular weight excluding hydrogens is 228 g/mol. The quantitative estimate of drug-likeness (QED) is 0.595. The number of halogens is 6. The lowest BCUT2D eigenvalue weighted by molar-refractivity contribution is -0.140. The number of rotatable bonds is 1. The topological polar surface area (TPSA) is 33.1 Å². The zero-order chi connectivity index (χ0) is 11.8. The molecule has 0 atom stereocenters. The van der Waals surface area contributed by atoms with E-state index in [9.17, 15) is 26.3 Å². The van der Waals surface area contributed by atoms with Crippen LogP contribution in [0.2, 0.25) is 0 Å². The highest BCUT2D eigenvalue weighted by Crippen LogP contribution is 2.37. The van der Waals surface area contributed by atoms with Crippen LogP contribution in [0.5, 0.6) is 5.75 Å². The van der Waals surface area contributed by atoms with Gasteiger partial charge in [-0.15, -0.1) is 0 Å². The van der Waals surface area contributed by atoms with Gasteiger partial charge in [-0.1, -0.05) is 0 Å². The lowest BCUT2D eigenvalue weighted by atomic mass is 10.2. The normalized spacial score (nSPS) is 12.2.